The second-order valence-electron chi connectivity index (χ2n) is 6.53. The number of fused-ring (bicyclic) bond motifs is 1. The average Bonchev–Trinajstić information content (AvgIpc) is 2.94. The Hall–Kier alpha value is -1.72. The van der Waals surface area contributed by atoms with Gasteiger partial charge in [0.1, 0.15) is 12.2 Å². The van der Waals surface area contributed by atoms with E-state index in [2.05, 4.69) is 57.8 Å². The minimum Gasteiger partial charge on any atom is -0.323 e. The summed E-state index contributed by atoms with van der Waals surface area (Å²) in [6, 6.07) is 10.4. The molecule has 2 heterocycles. The molecule has 5 nitrogen and oxygen atoms in total. The molecule has 0 bridgehead atoms. The molecule has 0 saturated heterocycles. The Morgan fingerprint density at radius 3 is 2.76 bits per heavy atom. The van der Waals surface area contributed by atoms with Crippen molar-refractivity contribution in [2.75, 3.05) is 13.1 Å². The minimum absolute atomic E-state index is 0.00352. The third-order valence-corrected chi connectivity index (χ3v) is 4.35. The van der Waals surface area contributed by atoms with Gasteiger partial charge in [0.05, 0.1) is 6.54 Å². The first-order valence-corrected chi connectivity index (χ1v) is 7.46. The van der Waals surface area contributed by atoms with Gasteiger partial charge in [0.15, 0.2) is 0 Å². The Balaban J connectivity index is 1.69. The van der Waals surface area contributed by atoms with Crippen LogP contribution in [0.2, 0.25) is 0 Å². The molecule has 112 valence electrons. The van der Waals surface area contributed by atoms with Gasteiger partial charge in [-0.25, -0.2) is 0 Å². The number of nitrogens with zero attached hydrogens (tertiary/aromatic N) is 4. The Bertz CT molecular complexity index is 590. The molecule has 21 heavy (non-hydrogen) atoms. The maximum absolute atomic E-state index is 6.50. The first-order chi connectivity index (χ1) is 10.1. The van der Waals surface area contributed by atoms with E-state index in [4.69, 9.17) is 5.73 Å². The van der Waals surface area contributed by atoms with Crippen LogP contribution < -0.4 is 5.73 Å². The van der Waals surface area contributed by atoms with Crippen molar-refractivity contribution in [1.29, 1.82) is 0 Å². The van der Waals surface area contributed by atoms with E-state index in [-0.39, 0.29) is 11.5 Å². The first-order valence-electron chi connectivity index (χ1n) is 7.46. The molecule has 1 aliphatic rings. The highest BCUT2D eigenvalue weighted by atomic mass is 15.3. The summed E-state index contributed by atoms with van der Waals surface area (Å²) in [6.07, 6.45) is 1.81. The minimum atomic E-state index is 0.00352. The normalized spacial score (nSPS) is 17.5. The fourth-order valence-corrected chi connectivity index (χ4v) is 3.04. The van der Waals surface area contributed by atoms with Crippen LogP contribution in [-0.2, 0) is 13.1 Å². The lowest BCUT2D eigenvalue weighted by molar-refractivity contribution is 0.124. The highest BCUT2D eigenvalue weighted by Gasteiger charge is 2.31. The van der Waals surface area contributed by atoms with Gasteiger partial charge in [-0.3, -0.25) is 4.90 Å². The van der Waals surface area contributed by atoms with Gasteiger partial charge in [-0.05, 0) is 11.0 Å². The van der Waals surface area contributed by atoms with E-state index in [9.17, 15) is 0 Å². The van der Waals surface area contributed by atoms with Crippen LogP contribution in [0.1, 0.15) is 31.3 Å². The van der Waals surface area contributed by atoms with Gasteiger partial charge in [0.2, 0.25) is 0 Å². The molecule has 1 aliphatic heterocycles. The molecule has 0 spiro atoms. The zero-order valence-corrected chi connectivity index (χ0v) is 12.7. The molecular formula is C16H23N5. The molecule has 0 aliphatic carbocycles. The highest BCUT2D eigenvalue weighted by Crippen LogP contribution is 2.32. The lowest BCUT2D eigenvalue weighted by Crippen LogP contribution is -2.44. The van der Waals surface area contributed by atoms with E-state index in [1.54, 1.807) is 0 Å². The van der Waals surface area contributed by atoms with Crippen molar-refractivity contribution >= 4 is 0 Å². The topological polar surface area (TPSA) is 60.0 Å². The Kier molecular flexibility index (Phi) is 3.78. The van der Waals surface area contributed by atoms with Crippen LogP contribution in [0.15, 0.2) is 36.7 Å². The van der Waals surface area contributed by atoms with Crippen molar-refractivity contribution in [2.24, 2.45) is 11.1 Å². The van der Waals surface area contributed by atoms with Crippen LogP contribution in [0.5, 0.6) is 0 Å². The molecule has 0 saturated carbocycles. The standard InChI is InChI=1S/C16H23N5/c1-16(2,15(17)13-6-4-3-5-7-13)11-20-8-9-21-12-18-19-14(21)10-20/h3-7,12,15H,8-11,17H2,1-2H3. The summed E-state index contributed by atoms with van der Waals surface area (Å²) in [4.78, 5) is 2.42. The third-order valence-electron chi connectivity index (χ3n) is 4.35. The maximum Gasteiger partial charge on any atom is 0.147 e. The summed E-state index contributed by atoms with van der Waals surface area (Å²) in [5, 5.41) is 8.16. The summed E-state index contributed by atoms with van der Waals surface area (Å²) >= 11 is 0. The van der Waals surface area contributed by atoms with Crippen LogP contribution in [0.25, 0.3) is 0 Å². The maximum atomic E-state index is 6.50. The number of aromatic nitrogens is 3. The van der Waals surface area contributed by atoms with Crippen molar-refractivity contribution in [3.8, 4) is 0 Å². The SMILES string of the molecule is CC(C)(CN1CCn2cnnc2C1)C(N)c1ccccc1. The molecule has 3 rings (SSSR count). The summed E-state index contributed by atoms with van der Waals surface area (Å²) in [7, 11) is 0. The monoisotopic (exact) mass is 285 g/mol. The first kappa shape index (κ1) is 14.2. The van der Waals surface area contributed by atoms with Gasteiger partial charge < -0.3 is 10.3 Å². The molecule has 0 fully saturated rings. The Morgan fingerprint density at radius 2 is 2.00 bits per heavy atom. The molecule has 1 aromatic carbocycles. The predicted molar refractivity (Wildman–Crippen MR) is 82.5 cm³/mol. The zero-order chi connectivity index (χ0) is 14.9. The molecule has 1 atom stereocenters. The number of hydrogen-bond acceptors (Lipinski definition) is 4. The number of nitrogens with two attached hydrogens (primary N) is 1. The van der Waals surface area contributed by atoms with Gasteiger partial charge in [-0.2, -0.15) is 0 Å². The lowest BCUT2D eigenvalue weighted by Gasteiger charge is -2.38. The second-order valence-corrected chi connectivity index (χ2v) is 6.53. The van der Waals surface area contributed by atoms with E-state index in [1.165, 1.54) is 5.56 Å². The van der Waals surface area contributed by atoms with E-state index < -0.39 is 0 Å². The summed E-state index contributed by atoms with van der Waals surface area (Å²) < 4.78 is 2.13. The van der Waals surface area contributed by atoms with E-state index >= 15 is 0 Å². The molecule has 0 amide bonds. The fourth-order valence-electron chi connectivity index (χ4n) is 3.04. The molecular weight excluding hydrogens is 262 g/mol. The largest absolute Gasteiger partial charge is 0.323 e. The van der Waals surface area contributed by atoms with Crippen molar-refractivity contribution in [3.63, 3.8) is 0 Å². The second kappa shape index (κ2) is 5.58. The molecule has 2 N–H and O–H groups in total. The van der Waals surface area contributed by atoms with E-state index in [1.807, 2.05) is 12.4 Å². The smallest absolute Gasteiger partial charge is 0.147 e. The third kappa shape index (κ3) is 2.99. The van der Waals surface area contributed by atoms with Crippen LogP contribution in [0.3, 0.4) is 0 Å². The van der Waals surface area contributed by atoms with E-state index in [0.29, 0.717) is 0 Å². The van der Waals surface area contributed by atoms with Crippen LogP contribution in [0.4, 0.5) is 0 Å². The van der Waals surface area contributed by atoms with Gasteiger partial charge in [-0.15, -0.1) is 10.2 Å². The van der Waals surface area contributed by atoms with Gasteiger partial charge in [0, 0.05) is 25.7 Å². The fraction of sp³-hybridized carbons (Fsp3) is 0.500. The number of benzene rings is 1. The molecule has 5 heteroatoms. The summed E-state index contributed by atoms with van der Waals surface area (Å²) in [6.45, 7) is 8.27. The van der Waals surface area contributed by atoms with Crippen molar-refractivity contribution < 1.29 is 0 Å². The van der Waals surface area contributed by atoms with Gasteiger partial charge >= 0.3 is 0 Å². The highest BCUT2D eigenvalue weighted by molar-refractivity contribution is 5.20. The molecule has 1 unspecified atom stereocenters. The average molecular weight is 285 g/mol. The van der Waals surface area contributed by atoms with Crippen LogP contribution in [-0.4, -0.2) is 32.8 Å². The van der Waals surface area contributed by atoms with Gasteiger partial charge in [-0.1, -0.05) is 44.2 Å². The summed E-state index contributed by atoms with van der Waals surface area (Å²) in [5.74, 6) is 1.05. The van der Waals surface area contributed by atoms with Crippen LogP contribution in [0, 0.1) is 5.41 Å². The summed E-state index contributed by atoms with van der Waals surface area (Å²) in [5.41, 5.74) is 7.71. The molecule has 0 radical (unpaired) electrons. The number of hydrogen-bond donors (Lipinski definition) is 1. The van der Waals surface area contributed by atoms with Gasteiger partial charge in [0.25, 0.3) is 0 Å². The predicted octanol–water partition coefficient (Wildman–Crippen LogP) is 1.82. The van der Waals surface area contributed by atoms with Crippen LogP contribution >= 0.6 is 0 Å². The lowest BCUT2D eigenvalue weighted by atomic mass is 9.80. The van der Waals surface area contributed by atoms with Crippen molar-refractivity contribution in [3.05, 3.63) is 48.0 Å². The van der Waals surface area contributed by atoms with Crippen molar-refractivity contribution in [1.82, 2.24) is 19.7 Å². The molecule has 1 aromatic heterocycles. The van der Waals surface area contributed by atoms with E-state index in [0.717, 1.165) is 32.0 Å². The number of rotatable bonds is 4. The Morgan fingerprint density at radius 1 is 1.24 bits per heavy atom. The Labute approximate surface area is 125 Å². The molecule has 2 aromatic rings. The van der Waals surface area contributed by atoms with Crippen molar-refractivity contribution in [2.45, 2.75) is 33.0 Å². The quantitative estimate of drug-likeness (QED) is 0.931. The zero-order valence-electron chi connectivity index (χ0n) is 12.7.